The second-order valence-corrected chi connectivity index (χ2v) is 9.94. The van der Waals surface area contributed by atoms with Crippen molar-refractivity contribution in [2.45, 2.75) is 65.5 Å². The molecule has 1 atom stereocenters. The molecule has 0 radical (unpaired) electrons. The van der Waals surface area contributed by atoms with Crippen LogP contribution in [0.1, 0.15) is 74.7 Å². The van der Waals surface area contributed by atoms with Gasteiger partial charge in [0.25, 0.3) is 0 Å². The van der Waals surface area contributed by atoms with Crippen molar-refractivity contribution in [2.24, 2.45) is 11.8 Å². The van der Waals surface area contributed by atoms with E-state index in [2.05, 4.69) is 6.92 Å². The first kappa shape index (κ1) is 23.5. The molecule has 1 aromatic heterocycles. The Kier molecular flexibility index (Phi) is 7.55. The number of nitrogens with zero attached hydrogens (tertiary/aromatic N) is 1. The van der Waals surface area contributed by atoms with Gasteiger partial charge in [-0.1, -0.05) is 31.2 Å². The quantitative estimate of drug-likeness (QED) is 0.538. The maximum atomic E-state index is 13.4. The number of carboxylic acids is 1. The number of methoxy groups -OCH3 is 1. The summed E-state index contributed by atoms with van der Waals surface area (Å²) in [6.45, 7) is 8.12. The van der Waals surface area contributed by atoms with Crippen molar-refractivity contribution in [3.8, 4) is 10.4 Å². The van der Waals surface area contributed by atoms with Crippen LogP contribution >= 0.6 is 11.3 Å². The number of carbonyl (C=O) groups is 2. The van der Waals surface area contributed by atoms with E-state index in [4.69, 9.17) is 4.74 Å². The Hall–Kier alpha value is -2.18. The highest BCUT2D eigenvalue weighted by atomic mass is 32.1. The first-order chi connectivity index (χ1) is 14.7. The number of hydrogen-bond acceptors (Lipinski definition) is 4. The first-order valence-electron chi connectivity index (χ1n) is 11.1. The van der Waals surface area contributed by atoms with Crippen LogP contribution in [0.3, 0.4) is 0 Å². The average molecular weight is 444 g/mol. The Balaban J connectivity index is 1.96. The van der Waals surface area contributed by atoms with Crippen LogP contribution in [0.4, 0.5) is 5.69 Å². The third-order valence-corrected chi connectivity index (χ3v) is 7.46. The van der Waals surface area contributed by atoms with E-state index in [1.165, 1.54) is 11.3 Å². The number of aromatic carboxylic acids is 1. The van der Waals surface area contributed by atoms with E-state index in [0.717, 1.165) is 41.7 Å². The van der Waals surface area contributed by atoms with Crippen LogP contribution in [0.15, 0.2) is 30.3 Å². The molecule has 2 aromatic rings. The van der Waals surface area contributed by atoms with Gasteiger partial charge >= 0.3 is 5.97 Å². The number of carboxylic acid groups (broad SMARTS) is 1. The molecule has 1 heterocycles. The number of ether oxygens (including phenoxy) is 1. The van der Waals surface area contributed by atoms with Crippen molar-refractivity contribution in [1.82, 2.24) is 0 Å². The molecule has 1 aliphatic carbocycles. The van der Waals surface area contributed by atoms with Crippen LogP contribution in [-0.4, -0.2) is 30.1 Å². The normalized spacial score (nSPS) is 19.9. The van der Waals surface area contributed by atoms with Gasteiger partial charge in [0, 0.05) is 23.9 Å². The number of anilines is 1. The molecule has 1 N–H and O–H groups in total. The average Bonchev–Trinajstić information content (AvgIpc) is 3.18. The lowest BCUT2D eigenvalue weighted by Crippen LogP contribution is -2.42. The highest BCUT2D eigenvalue weighted by molar-refractivity contribution is 7.18. The summed E-state index contributed by atoms with van der Waals surface area (Å²) in [7, 11) is 1.67. The van der Waals surface area contributed by atoms with Crippen LogP contribution in [-0.2, 0) is 9.53 Å². The van der Waals surface area contributed by atoms with Crippen molar-refractivity contribution in [3.63, 3.8) is 0 Å². The van der Waals surface area contributed by atoms with Crippen LogP contribution in [0, 0.1) is 11.8 Å². The van der Waals surface area contributed by atoms with E-state index >= 15 is 0 Å². The smallest absolute Gasteiger partial charge is 0.348 e. The lowest BCUT2D eigenvalue weighted by atomic mass is 9.82. The van der Waals surface area contributed by atoms with Crippen molar-refractivity contribution in [2.75, 3.05) is 12.0 Å². The third-order valence-electron chi connectivity index (χ3n) is 6.30. The molecule has 1 aliphatic rings. The number of carbonyl (C=O) groups excluding carboxylic acids is 1. The van der Waals surface area contributed by atoms with Crippen LogP contribution in [0.25, 0.3) is 10.4 Å². The fraction of sp³-hybridized carbons (Fsp3) is 0.520. The maximum absolute atomic E-state index is 13.4. The van der Waals surface area contributed by atoms with Crippen LogP contribution in [0.5, 0.6) is 0 Å². The number of rotatable bonds is 7. The fourth-order valence-electron chi connectivity index (χ4n) is 4.27. The van der Waals surface area contributed by atoms with Gasteiger partial charge in [0.15, 0.2) is 0 Å². The van der Waals surface area contributed by atoms with E-state index in [0.29, 0.717) is 11.6 Å². The van der Waals surface area contributed by atoms with Gasteiger partial charge in [-0.05, 0) is 69.6 Å². The van der Waals surface area contributed by atoms with Gasteiger partial charge in [-0.3, -0.25) is 4.79 Å². The molecular formula is C25H33NO4S. The largest absolute Gasteiger partial charge is 0.477 e. The van der Waals surface area contributed by atoms with Gasteiger partial charge in [0.2, 0.25) is 5.91 Å². The van der Waals surface area contributed by atoms with Gasteiger partial charge in [-0.25, -0.2) is 4.79 Å². The molecule has 0 bridgehead atoms. The zero-order valence-corrected chi connectivity index (χ0v) is 19.9. The van der Waals surface area contributed by atoms with E-state index < -0.39 is 5.97 Å². The van der Waals surface area contributed by atoms with Crippen LogP contribution in [0.2, 0.25) is 0 Å². The summed E-state index contributed by atoms with van der Waals surface area (Å²) < 4.78 is 5.37. The molecule has 0 saturated heterocycles. The second-order valence-electron chi connectivity index (χ2n) is 8.89. The zero-order valence-electron chi connectivity index (χ0n) is 19.1. The summed E-state index contributed by atoms with van der Waals surface area (Å²) in [5.74, 6) is -0.314. The van der Waals surface area contributed by atoms with E-state index in [1.807, 2.05) is 51.1 Å². The van der Waals surface area contributed by atoms with Gasteiger partial charge in [-0.15, -0.1) is 11.3 Å². The van der Waals surface area contributed by atoms with E-state index in [1.54, 1.807) is 12.0 Å². The summed E-state index contributed by atoms with van der Waals surface area (Å²) in [5.41, 5.74) is 2.51. The van der Waals surface area contributed by atoms with Gasteiger partial charge < -0.3 is 14.7 Å². The topological polar surface area (TPSA) is 66.8 Å². The Labute approximate surface area is 189 Å². The van der Waals surface area contributed by atoms with E-state index in [9.17, 15) is 14.7 Å². The van der Waals surface area contributed by atoms with Crippen molar-refractivity contribution >= 4 is 28.9 Å². The maximum Gasteiger partial charge on any atom is 0.348 e. The Bertz CT molecular complexity index is 910. The minimum absolute atomic E-state index is 0.00482. The molecule has 0 aliphatic heterocycles. The molecular weight excluding hydrogens is 410 g/mol. The molecule has 5 nitrogen and oxygen atoms in total. The molecule has 6 heteroatoms. The summed E-state index contributed by atoms with van der Waals surface area (Å²) in [4.78, 5) is 28.3. The highest BCUT2D eigenvalue weighted by Gasteiger charge is 2.33. The minimum Gasteiger partial charge on any atom is -0.477 e. The molecule has 1 amide bonds. The molecule has 1 saturated carbocycles. The molecule has 168 valence electrons. The lowest BCUT2D eigenvalue weighted by Gasteiger charge is -2.33. The molecule has 31 heavy (non-hydrogen) atoms. The minimum atomic E-state index is -0.994. The number of thiophene rings is 1. The van der Waals surface area contributed by atoms with E-state index in [-0.39, 0.29) is 28.8 Å². The number of amides is 1. The van der Waals surface area contributed by atoms with Gasteiger partial charge in [0.1, 0.15) is 4.88 Å². The van der Waals surface area contributed by atoms with Crippen molar-refractivity contribution in [3.05, 3.63) is 40.8 Å². The SMILES string of the molecule is COC(C)c1ccc(-c2cc(N(C(=O)C3CCC(C)CC3)C(C)C)c(C(=O)O)s2)cc1. The summed E-state index contributed by atoms with van der Waals surface area (Å²) in [6, 6.07) is 9.71. The Morgan fingerprint density at radius 1 is 1.10 bits per heavy atom. The second kappa shape index (κ2) is 9.96. The molecule has 1 unspecified atom stereocenters. The molecule has 1 fully saturated rings. The molecule has 0 spiro atoms. The number of benzene rings is 1. The van der Waals surface area contributed by atoms with Crippen LogP contribution < -0.4 is 4.90 Å². The monoisotopic (exact) mass is 443 g/mol. The predicted molar refractivity (Wildman–Crippen MR) is 126 cm³/mol. The van der Waals surface area contributed by atoms with Crippen molar-refractivity contribution in [1.29, 1.82) is 0 Å². The summed E-state index contributed by atoms with van der Waals surface area (Å²) in [6.07, 6.45) is 3.85. The van der Waals surface area contributed by atoms with Crippen molar-refractivity contribution < 1.29 is 19.4 Å². The summed E-state index contributed by atoms with van der Waals surface area (Å²) in [5, 5.41) is 9.89. The van der Waals surface area contributed by atoms with Gasteiger partial charge in [-0.2, -0.15) is 0 Å². The Morgan fingerprint density at radius 3 is 2.23 bits per heavy atom. The van der Waals surface area contributed by atoms with Gasteiger partial charge in [0.05, 0.1) is 11.8 Å². The predicted octanol–water partition coefficient (Wildman–Crippen LogP) is 6.39. The number of hydrogen-bond donors (Lipinski definition) is 1. The summed E-state index contributed by atoms with van der Waals surface area (Å²) >= 11 is 1.23. The third kappa shape index (κ3) is 5.18. The molecule has 1 aromatic carbocycles. The molecule has 3 rings (SSSR count). The standard InChI is InChI=1S/C25H33NO4S/c1-15(2)26(24(27)20-8-6-16(3)7-9-20)21-14-22(31-23(21)25(28)29)19-12-10-18(11-13-19)17(4)30-5/h10-17,20H,6-9H2,1-5H3,(H,28,29). The first-order valence-corrected chi connectivity index (χ1v) is 11.9. The fourth-order valence-corrected chi connectivity index (χ4v) is 5.26. The zero-order chi connectivity index (χ0) is 22.7. The Morgan fingerprint density at radius 2 is 1.71 bits per heavy atom. The highest BCUT2D eigenvalue weighted by Crippen LogP contribution is 2.40. The lowest BCUT2D eigenvalue weighted by molar-refractivity contribution is -0.123.